The molecule has 0 atom stereocenters. The zero-order chi connectivity index (χ0) is 19.5. The molecule has 2 heterocycles. The van der Waals surface area contributed by atoms with Gasteiger partial charge in [-0.3, -0.25) is 10.1 Å². The van der Waals surface area contributed by atoms with Crippen LogP contribution in [0, 0.1) is 0 Å². The minimum atomic E-state index is -0.380. The number of hydrogen-bond acceptors (Lipinski definition) is 6. The Kier molecular flexibility index (Phi) is 5.10. The number of nitrogens with one attached hydrogen (secondary N) is 1. The number of halogens is 1. The lowest BCUT2D eigenvalue weighted by Crippen LogP contribution is -2.21. The highest BCUT2D eigenvalue weighted by molar-refractivity contribution is 7.13. The predicted octanol–water partition coefficient (Wildman–Crippen LogP) is 5.04. The summed E-state index contributed by atoms with van der Waals surface area (Å²) >= 11 is 7.41. The Hall–Kier alpha value is -3.16. The van der Waals surface area contributed by atoms with E-state index < -0.39 is 0 Å². The monoisotopic (exact) mass is 411 g/mol. The summed E-state index contributed by atoms with van der Waals surface area (Å²) in [6.07, 6.45) is 1.62. The number of amides is 1. The third-order valence-electron chi connectivity index (χ3n) is 3.91. The number of para-hydroxylation sites is 2. The number of benzene rings is 2. The van der Waals surface area contributed by atoms with Crippen molar-refractivity contribution in [1.82, 2.24) is 4.98 Å². The van der Waals surface area contributed by atoms with Gasteiger partial charge in [-0.1, -0.05) is 23.7 Å². The fraction of sp³-hybridized carbons (Fsp3) is 0.0500. The molecule has 2 aromatic heterocycles. The van der Waals surface area contributed by atoms with Crippen molar-refractivity contribution in [3.8, 4) is 5.75 Å². The van der Waals surface area contributed by atoms with Gasteiger partial charge in [-0.25, -0.2) is 9.98 Å². The van der Waals surface area contributed by atoms with E-state index in [9.17, 15) is 4.79 Å². The Balaban J connectivity index is 1.91. The van der Waals surface area contributed by atoms with Gasteiger partial charge in [0.05, 0.1) is 7.11 Å². The number of anilines is 1. The van der Waals surface area contributed by atoms with E-state index in [0.29, 0.717) is 32.6 Å². The quantitative estimate of drug-likeness (QED) is 0.510. The van der Waals surface area contributed by atoms with Gasteiger partial charge >= 0.3 is 0 Å². The topological polar surface area (TPSA) is 76.7 Å². The lowest BCUT2D eigenvalue weighted by Gasteiger charge is -2.07. The Morgan fingerprint density at radius 2 is 2.11 bits per heavy atom. The maximum atomic E-state index is 12.9. The first-order valence-electron chi connectivity index (χ1n) is 8.26. The molecule has 28 heavy (non-hydrogen) atoms. The number of ether oxygens (including phenoxy) is 1. The first-order valence-corrected chi connectivity index (χ1v) is 9.52. The summed E-state index contributed by atoms with van der Waals surface area (Å²) < 4.78 is 11.3. The summed E-state index contributed by atoms with van der Waals surface area (Å²) in [5, 5.41) is 6.26. The van der Waals surface area contributed by atoms with Crippen molar-refractivity contribution in [2.45, 2.75) is 0 Å². The molecule has 4 rings (SSSR count). The summed E-state index contributed by atoms with van der Waals surface area (Å²) in [4.78, 5) is 21.5. The van der Waals surface area contributed by atoms with E-state index >= 15 is 0 Å². The highest BCUT2D eigenvalue weighted by Crippen LogP contribution is 2.26. The summed E-state index contributed by atoms with van der Waals surface area (Å²) in [7, 11) is 1.56. The molecule has 0 saturated carbocycles. The van der Waals surface area contributed by atoms with Gasteiger partial charge in [0.25, 0.3) is 5.91 Å². The number of nitrogens with zero attached hydrogens (tertiary/aromatic N) is 2. The molecule has 1 N–H and O–H groups in total. The van der Waals surface area contributed by atoms with Crippen molar-refractivity contribution < 1.29 is 13.9 Å². The second-order valence-corrected chi connectivity index (χ2v) is 7.05. The van der Waals surface area contributed by atoms with E-state index in [1.165, 1.54) is 11.3 Å². The Labute approximate surface area is 169 Å². The van der Waals surface area contributed by atoms with Crippen molar-refractivity contribution in [3.05, 3.63) is 76.2 Å². The van der Waals surface area contributed by atoms with Crippen LogP contribution in [0.3, 0.4) is 0 Å². The normalized spacial score (nSPS) is 11.6. The van der Waals surface area contributed by atoms with E-state index in [4.69, 9.17) is 20.8 Å². The van der Waals surface area contributed by atoms with Gasteiger partial charge in [-0.2, -0.15) is 0 Å². The molecule has 8 heteroatoms. The molecule has 0 spiro atoms. The van der Waals surface area contributed by atoms with Crippen molar-refractivity contribution in [2.24, 2.45) is 4.99 Å². The number of thiazole rings is 1. The Bertz CT molecular complexity index is 1220. The smallest absolute Gasteiger partial charge is 0.262 e. The third kappa shape index (κ3) is 3.76. The van der Waals surface area contributed by atoms with Gasteiger partial charge in [0.1, 0.15) is 22.6 Å². The van der Waals surface area contributed by atoms with Crippen LogP contribution in [0.5, 0.6) is 5.75 Å². The van der Waals surface area contributed by atoms with Gasteiger partial charge in [0, 0.05) is 22.0 Å². The highest BCUT2D eigenvalue weighted by atomic mass is 35.5. The van der Waals surface area contributed by atoms with Gasteiger partial charge in [0.2, 0.25) is 5.55 Å². The Morgan fingerprint density at radius 1 is 1.25 bits per heavy atom. The maximum absolute atomic E-state index is 12.9. The fourth-order valence-corrected chi connectivity index (χ4v) is 3.33. The van der Waals surface area contributed by atoms with Gasteiger partial charge in [-0.15, -0.1) is 11.3 Å². The molecular weight excluding hydrogens is 398 g/mol. The van der Waals surface area contributed by atoms with Crippen LogP contribution in [0.2, 0.25) is 5.02 Å². The zero-order valence-corrected chi connectivity index (χ0v) is 16.3. The summed E-state index contributed by atoms with van der Waals surface area (Å²) in [5.74, 6) is 0.189. The predicted molar refractivity (Wildman–Crippen MR) is 110 cm³/mol. The molecule has 0 bridgehead atoms. The number of rotatable bonds is 4. The standard InChI is InChI=1S/C20H14ClN3O3S/c1-26-17-5-3-2-4-15(17)23-19-14(18(25)24-20-22-8-9-28-20)11-12-10-13(21)6-7-16(12)27-19/h2-11H,1H3,(H,22,24,25). The summed E-state index contributed by atoms with van der Waals surface area (Å²) in [6, 6.07) is 14.1. The minimum Gasteiger partial charge on any atom is -0.494 e. The van der Waals surface area contributed by atoms with Crippen LogP contribution in [-0.4, -0.2) is 18.0 Å². The fourth-order valence-electron chi connectivity index (χ4n) is 2.63. The highest BCUT2D eigenvalue weighted by Gasteiger charge is 2.15. The minimum absolute atomic E-state index is 0.161. The molecule has 0 unspecified atom stereocenters. The molecule has 0 aliphatic rings. The molecule has 0 radical (unpaired) electrons. The molecule has 0 fully saturated rings. The lowest BCUT2D eigenvalue weighted by molar-refractivity contribution is 0.102. The van der Waals surface area contributed by atoms with E-state index in [1.54, 1.807) is 55.1 Å². The van der Waals surface area contributed by atoms with Crippen molar-refractivity contribution in [2.75, 3.05) is 12.4 Å². The van der Waals surface area contributed by atoms with Crippen LogP contribution in [0.1, 0.15) is 10.4 Å². The molecule has 0 saturated heterocycles. The lowest BCUT2D eigenvalue weighted by atomic mass is 10.1. The summed E-state index contributed by atoms with van der Waals surface area (Å²) in [6.45, 7) is 0. The number of methoxy groups -OCH3 is 1. The van der Waals surface area contributed by atoms with E-state index in [1.807, 2.05) is 12.1 Å². The largest absolute Gasteiger partial charge is 0.494 e. The van der Waals surface area contributed by atoms with Crippen LogP contribution >= 0.6 is 22.9 Å². The van der Waals surface area contributed by atoms with Crippen LogP contribution < -0.4 is 15.6 Å². The maximum Gasteiger partial charge on any atom is 0.262 e. The zero-order valence-electron chi connectivity index (χ0n) is 14.7. The SMILES string of the molecule is COc1ccccc1N=c1oc2ccc(Cl)cc2cc1C(=O)Nc1nccs1. The Morgan fingerprint density at radius 3 is 2.89 bits per heavy atom. The van der Waals surface area contributed by atoms with Crippen molar-refractivity contribution in [3.63, 3.8) is 0 Å². The summed E-state index contributed by atoms with van der Waals surface area (Å²) in [5.41, 5.74) is 1.53. The molecule has 140 valence electrons. The van der Waals surface area contributed by atoms with Gasteiger partial charge in [-0.05, 0) is 36.4 Å². The second kappa shape index (κ2) is 7.84. The molecule has 2 aromatic carbocycles. The van der Waals surface area contributed by atoms with E-state index in [-0.39, 0.29) is 17.0 Å². The average molecular weight is 412 g/mol. The molecule has 1 amide bonds. The molecule has 4 aromatic rings. The second-order valence-electron chi connectivity index (χ2n) is 5.72. The third-order valence-corrected chi connectivity index (χ3v) is 4.84. The average Bonchev–Trinajstić information content (AvgIpc) is 3.21. The van der Waals surface area contributed by atoms with Crippen LogP contribution in [0.25, 0.3) is 11.0 Å². The van der Waals surface area contributed by atoms with Crippen molar-refractivity contribution in [1.29, 1.82) is 0 Å². The van der Waals surface area contributed by atoms with Crippen LogP contribution in [0.15, 0.2) is 69.5 Å². The number of carbonyl (C=O) groups excluding carboxylic acids is 1. The number of hydrogen-bond donors (Lipinski definition) is 1. The van der Waals surface area contributed by atoms with Gasteiger partial charge < -0.3 is 9.15 Å². The molecule has 0 aliphatic carbocycles. The van der Waals surface area contributed by atoms with Crippen LogP contribution in [-0.2, 0) is 0 Å². The first kappa shape index (κ1) is 18.2. The van der Waals surface area contributed by atoms with Gasteiger partial charge in [0.15, 0.2) is 5.13 Å². The molecular formula is C20H14ClN3O3S. The number of aromatic nitrogens is 1. The number of carbonyl (C=O) groups is 1. The number of fused-ring (bicyclic) bond motifs is 1. The van der Waals surface area contributed by atoms with E-state index in [2.05, 4.69) is 15.3 Å². The van der Waals surface area contributed by atoms with Crippen LogP contribution in [0.4, 0.5) is 10.8 Å². The molecule has 0 aliphatic heterocycles. The van der Waals surface area contributed by atoms with E-state index in [0.717, 1.165) is 0 Å². The van der Waals surface area contributed by atoms with Crippen molar-refractivity contribution >= 4 is 50.6 Å². The molecule has 6 nitrogen and oxygen atoms in total. The first-order chi connectivity index (χ1) is 13.6.